The first-order chi connectivity index (χ1) is 8.39. The lowest BCUT2D eigenvalue weighted by Gasteiger charge is -2.17. The monoisotopic (exact) mass is 285 g/mol. The van der Waals surface area contributed by atoms with Gasteiger partial charge in [-0.15, -0.1) is 0 Å². The standard InChI is InChI=1S/C14H20ClNOS/c1-14(2,3)13(17)16-8-9-18-10-11-4-6-12(15)7-5-11/h4-7H,8-10H2,1-3H3,(H,16,17). The molecule has 0 fully saturated rings. The van der Waals surface area contributed by atoms with Crippen LogP contribution in [0.15, 0.2) is 24.3 Å². The van der Waals surface area contributed by atoms with E-state index in [0.717, 1.165) is 16.5 Å². The highest BCUT2D eigenvalue weighted by Gasteiger charge is 2.19. The molecule has 0 bridgehead atoms. The summed E-state index contributed by atoms with van der Waals surface area (Å²) in [7, 11) is 0. The van der Waals surface area contributed by atoms with E-state index in [1.807, 2.05) is 56.8 Å². The average Bonchev–Trinajstić information content (AvgIpc) is 2.29. The smallest absolute Gasteiger partial charge is 0.225 e. The molecule has 1 aromatic carbocycles. The fourth-order valence-corrected chi connectivity index (χ4v) is 2.22. The molecule has 0 atom stereocenters. The van der Waals surface area contributed by atoms with Crippen LogP contribution in [0.5, 0.6) is 0 Å². The molecule has 0 aliphatic rings. The Balaban J connectivity index is 2.16. The van der Waals surface area contributed by atoms with Crippen LogP contribution >= 0.6 is 23.4 Å². The van der Waals surface area contributed by atoms with Crippen molar-refractivity contribution in [1.82, 2.24) is 5.32 Å². The van der Waals surface area contributed by atoms with Crippen molar-refractivity contribution in [3.63, 3.8) is 0 Å². The van der Waals surface area contributed by atoms with E-state index in [1.54, 1.807) is 0 Å². The van der Waals surface area contributed by atoms with Gasteiger partial charge >= 0.3 is 0 Å². The first-order valence-electron chi connectivity index (χ1n) is 6.00. The van der Waals surface area contributed by atoms with Crippen LogP contribution < -0.4 is 5.32 Å². The summed E-state index contributed by atoms with van der Waals surface area (Å²) in [5.41, 5.74) is 0.951. The molecule has 0 heterocycles. The number of nitrogens with one attached hydrogen (secondary N) is 1. The van der Waals surface area contributed by atoms with Gasteiger partial charge in [0.15, 0.2) is 0 Å². The molecule has 1 amide bonds. The topological polar surface area (TPSA) is 29.1 Å². The molecule has 0 saturated heterocycles. The van der Waals surface area contributed by atoms with Gasteiger partial charge in [-0.25, -0.2) is 0 Å². The Morgan fingerprint density at radius 2 is 1.89 bits per heavy atom. The third-order valence-electron chi connectivity index (χ3n) is 2.40. The first kappa shape index (κ1) is 15.4. The van der Waals surface area contributed by atoms with Gasteiger partial charge in [-0.2, -0.15) is 11.8 Å². The van der Waals surface area contributed by atoms with Gasteiger partial charge in [-0.1, -0.05) is 44.5 Å². The molecular formula is C14H20ClNOS. The van der Waals surface area contributed by atoms with Crippen molar-refractivity contribution in [2.24, 2.45) is 5.41 Å². The Morgan fingerprint density at radius 3 is 2.44 bits per heavy atom. The molecule has 1 rings (SSSR count). The Morgan fingerprint density at radius 1 is 1.28 bits per heavy atom. The van der Waals surface area contributed by atoms with E-state index in [4.69, 9.17) is 11.6 Å². The molecule has 0 aromatic heterocycles. The van der Waals surface area contributed by atoms with Gasteiger partial charge in [0.1, 0.15) is 0 Å². The van der Waals surface area contributed by atoms with Crippen molar-refractivity contribution < 1.29 is 4.79 Å². The third kappa shape index (κ3) is 5.78. The van der Waals surface area contributed by atoms with E-state index in [2.05, 4.69) is 5.32 Å². The SMILES string of the molecule is CC(C)(C)C(=O)NCCSCc1ccc(Cl)cc1. The second kappa shape index (κ2) is 7.05. The summed E-state index contributed by atoms with van der Waals surface area (Å²) in [5.74, 6) is 1.97. The van der Waals surface area contributed by atoms with E-state index >= 15 is 0 Å². The molecule has 0 unspecified atom stereocenters. The van der Waals surface area contributed by atoms with Gasteiger partial charge in [-0.3, -0.25) is 4.79 Å². The minimum Gasteiger partial charge on any atom is -0.355 e. The van der Waals surface area contributed by atoms with Crippen LogP contribution in [0.2, 0.25) is 5.02 Å². The molecule has 0 radical (unpaired) electrons. The molecule has 0 spiro atoms. The van der Waals surface area contributed by atoms with Crippen LogP contribution in [0.25, 0.3) is 0 Å². The van der Waals surface area contributed by atoms with Gasteiger partial charge in [0, 0.05) is 28.5 Å². The fourth-order valence-electron chi connectivity index (χ4n) is 1.27. The summed E-state index contributed by atoms with van der Waals surface area (Å²) < 4.78 is 0. The van der Waals surface area contributed by atoms with Crippen molar-refractivity contribution in [3.05, 3.63) is 34.9 Å². The van der Waals surface area contributed by atoms with E-state index in [-0.39, 0.29) is 11.3 Å². The predicted octanol–water partition coefficient (Wildman–Crippen LogP) is 3.74. The van der Waals surface area contributed by atoms with Gasteiger partial charge in [0.25, 0.3) is 0 Å². The summed E-state index contributed by atoms with van der Waals surface area (Å²) in [6.45, 7) is 6.48. The molecular weight excluding hydrogens is 266 g/mol. The Labute approximate surface area is 118 Å². The molecule has 1 N–H and O–H groups in total. The maximum atomic E-state index is 11.6. The lowest BCUT2D eigenvalue weighted by molar-refractivity contribution is -0.128. The number of hydrogen-bond acceptors (Lipinski definition) is 2. The van der Waals surface area contributed by atoms with Gasteiger partial charge < -0.3 is 5.32 Å². The van der Waals surface area contributed by atoms with Gasteiger partial charge in [0.2, 0.25) is 5.91 Å². The molecule has 100 valence electrons. The largest absolute Gasteiger partial charge is 0.355 e. The third-order valence-corrected chi connectivity index (χ3v) is 3.68. The van der Waals surface area contributed by atoms with Crippen molar-refractivity contribution in [2.75, 3.05) is 12.3 Å². The number of carbonyl (C=O) groups is 1. The van der Waals surface area contributed by atoms with Crippen LogP contribution in [0.4, 0.5) is 0 Å². The lowest BCUT2D eigenvalue weighted by atomic mass is 9.96. The van der Waals surface area contributed by atoms with Crippen LogP contribution in [0, 0.1) is 5.41 Å². The molecule has 2 nitrogen and oxygen atoms in total. The van der Waals surface area contributed by atoms with Crippen LogP contribution in [0.1, 0.15) is 26.3 Å². The van der Waals surface area contributed by atoms with Gasteiger partial charge in [0.05, 0.1) is 0 Å². The van der Waals surface area contributed by atoms with Crippen molar-refractivity contribution in [1.29, 1.82) is 0 Å². The average molecular weight is 286 g/mol. The number of thioether (sulfide) groups is 1. The highest BCUT2D eigenvalue weighted by molar-refractivity contribution is 7.98. The van der Waals surface area contributed by atoms with E-state index in [9.17, 15) is 4.79 Å². The molecule has 0 saturated carbocycles. The van der Waals surface area contributed by atoms with Crippen LogP contribution in [0.3, 0.4) is 0 Å². The Kier molecular flexibility index (Phi) is 6.03. The highest BCUT2D eigenvalue weighted by Crippen LogP contribution is 2.15. The van der Waals surface area contributed by atoms with Crippen LogP contribution in [-0.4, -0.2) is 18.2 Å². The molecule has 4 heteroatoms. The molecule has 0 aliphatic carbocycles. The zero-order valence-electron chi connectivity index (χ0n) is 11.1. The summed E-state index contributed by atoms with van der Waals surface area (Å²) in [4.78, 5) is 11.6. The fraction of sp³-hybridized carbons (Fsp3) is 0.500. The second-order valence-corrected chi connectivity index (χ2v) is 6.73. The molecule has 1 aromatic rings. The minimum absolute atomic E-state index is 0.106. The first-order valence-corrected chi connectivity index (χ1v) is 7.53. The zero-order valence-corrected chi connectivity index (χ0v) is 12.7. The lowest BCUT2D eigenvalue weighted by Crippen LogP contribution is -2.36. The van der Waals surface area contributed by atoms with Crippen molar-refractivity contribution >= 4 is 29.3 Å². The summed E-state index contributed by atoms with van der Waals surface area (Å²) >= 11 is 7.63. The summed E-state index contributed by atoms with van der Waals surface area (Å²) in [6.07, 6.45) is 0. The number of carbonyl (C=O) groups excluding carboxylic acids is 1. The quantitative estimate of drug-likeness (QED) is 0.835. The number of amides is 1. The number of hydrogen-bond donors (Lipinski definition) is 1. The Bertz CT molecular complexity index is 384. The molecule has 0 aliphatic heterocycles. The summed E-state index contributed by atoms with van der Waals surface area (Å²) in [5, 5.41) is 3.70. The summed E-state index contributed by atoms with van der Waals surface area (Å²) in [6, 6.07) is 7.86. The predicted molar refractivity (Wildman–Crippen MR) is 80.1 cm³/mol. The number of rotatable bonds is 5. The maximum Gasteiger partial charge on any atom is 0.225 e. The highest BCUT2D eigenvalue weighted by atomic mass is 35.5. The number of benzene rings is 1. The van der Waals surface area contributed by atoms with E-state index < -0.39 is 0 Å². The maximum absolute atomic E-state index is 11.6. The normalized spacial score (nSPS) is 11.3. The Hall–Kier alpha value is -0.670. The van der Waals surface area contributed by atoms with Crippen molar-refractivity contribution in [3.8, 4) is 0 Å². The van der Waals surface area contributed by atoms with Crippen molar-refractivity contribution in [2.45, 2.75) is 26.5 Å². The minimum atomic E-state index is -0.305. The zero-order chi connectivity index (χ0) is 13.6. The van der Waals surface area contributed by atoms with E-state index in [1.165, 1.54) is 5.56 Å². The van der Waals surface area contributed by atoms with Gasteiger partial charge in [-0.05, 0) is 17.7 Å². The second-order valence-electron chi connectivity index (χ2n) is 5.18. The van der Waals surface area contributed by atoms with E-state index in [0.29, 0.717) is 6.54 Å². The molecule has 18 heavy (non-hydrogen) atoms. The number of halogens is 1. The van der Waals surface area contributed by atoms with Crippen LogP contribution in [-0.2, 0) is 10.5 Å².